The summed E-state index contributed by atoms with van der Waals surface area (Å²) in [6.45, 7) is -0.397. The van der Waals surface area contributed by atoms with E-state index in [1.807, 2.05) is 0 Å². The molecule has 1 fully saturated rings. The predicted molar refractivity (Wildman–Crippen MR) is 58.4 cm³/mol. The Morgan fingerprint density at radius 1 is 1.44 bits per heavy atom. The number of nitrogens with zero attached hydrogens (tertiary/aromatic N) is 1. The van der Waals surface area contributed by atoms with E-state index in [0.29, 0.717) is 12.8 Å². The van der Waals surface area contributed by atoms with E-state index in [2.05, 4.69) is 5.92 Å². The minimum atomic E-state index is -1.08. The number of nitrogens with two attached hydrogens (primary N) is 1. The Morgan fingerprint density at radius 2 is 2.00 bits per heavy atom. The summed E-state index contributed by atoms with van der Waals surface area (Å²) in [6.07, 6.45) is 8.12. The van der Waals surface area contributed by atoms with Crippen molar-refractivity contribution in [2.45, 2.75) is 31.2 Å². The van der Waals surface area contributed by atoms with E-state index in [1.165, 1.54) is 0 Å². The van der Waals surface area contributed by atoms with Crippen LogP contribution in [0.3, 0.4) is 0 Å². The maximum absolute atomic E-state index is 12.0. The normalized spacial score (nSPS) is 17.8. The quantitative estimate of drug-likeness (QED) is 0.648. The van der Waals surface area contributed by atoms with Crippen LogP contribution in [0.4, 0.5) is 0 Å². The molecule has 0 aromatic heterocycles. The topological polar surface area (TPSA) is 83.6 Å². The summed E-state index contributed by atoms with van der Waals surface area (Å²) in [7, 11) is 0. The molecule has 1 aliphatic carbocycles. The lowest BCUT2D eigenvalue weighted by Gasteiger charge is -2.29. The van der Waals surface area contributed by atoms with Crippen LogP contribution in [0.15, 0.2) is 0 Å². The number of terminal acetylenes is 1. The van der Waals surface area contributed by atoms with Gasteiger partial charge >= 0.3 is 5.97 Å². The second kappa shape index (κ2) is 4.99. The van der Waals surface area contributed by atoms with Crippen LogP contribution in [0.5, 0.6) is 0 Å². The number of carbonyl (C=O) groups excluding carboxylic acids is 1. The van der Waals surface area contributed by atoms with E-state index < -0.39 is 11.5 Å². The van der Waals surface area contributed by atoms with Crippen LogP contribution in [0.25, 0.3) is 0 Å². The molecule has 5 heteroatoms. The zero-order valence-corrected chi connectivity index (χ0v) is 9.11. The molecule has 0 aliphatic heterocycles. The predicted octanol–water partition coefficient (Wildman–Crippen LogP) is -0.196. The highest BCUT2D eigenvalue weighted by atomic mass is 16.4. The van der Waals surface area contributed by atoms with Gasteiger partial charge in [0.2, 0.25) is 5.91 Å². The zero-order chi connectivity index (χ0) is 12.2. The molecule has 3 N–H and O–H groups in total. The van der Waals surface area contributed by atoms with Crippen molar-refractivity contribution >= 4 is 11.9 Å². The Balaban J connectivity index is 2.74. The third-order valence-corrected chi connectivity index (χ3v) is 2.82. The van der Waals surface area contributed by atoms with Crippen molar-refractivity contribution in [3.8, 4) is 12.3 Å². The van der Waals surface area contributed by atoms with Gasteiger partial charge in [0, 0.05) is 0 Å². The standard InChI is InChI=1S/C11H16N2O3/c1-2-7-13(8-9(14)15)10(16)11(12)5-3-4-6-11/h1H,3-8,12H2,(H,14,15). The van der Waals surface area contributed by atoms with E-state index in [-0.39, 0.29) is 19.0 Å². The molecular formula is C11H16N2O3. The molecule has 1 saturated carbocycles. The van der Waals surface area contributed by atoms with Crippen LogP contribution in [0.1, 0.15) is 25.7 Å². The van der Waals surface area contributed by atoms with Crippen molar-refractivity contribution < 1.29 is 14.7 Å². The van der Waals surface area contributed by atoms with Gasteiger partial charge < -0.3 is 15.7 Å². The first kappa shape index (κ1) is 12.5. The smallest absolute Gasteiger partial charge is 0.323 e. The van der Waals surface area contributed by atoms with Crippen molar-refractivity contribution in [1.82, 2.24) is 4.90 Å². The molecule has 5 nitrogen and oxygen atoms in total. The Morgan fingerprint density at radius 3 is 2.44 bits per heavy atom. The molecule has 0 aromatic carbocycles. The van der Waals surface area contributed by atoms with Crippen molar-refractivity contribution in [1.29, 1.82) is 0 Å². The summed E-state index contributed by atoms with van der Waals surface area (Å²) >= 11 is 0. The number of rotatable bonds is 4. The molecule has 0 unspecified atom stereocenters. The molecule has 1 rings (SSSR count). The summed E-state index contributed by atoms with van der Waals surface area (Å²) in [6, 6.07) is 0. The van der Waals surface area contributed by atoms with Crippen LogP contribution < -0.4 is 5.73 Å². The van der Waals surface area contributed by atoms with Gasteiger partial charge in [0.15, 0.2) is 0 Å². The fourth-order valence-electron chi connectivity index (χ4n) is 2.01. The second-order valence-electron chi connectivity index (χ2n) is 4.12. The summed E-state index contributed by atoms with van der Waals surface area (Å²) < 4.78 is 0. The van der Waals surface area contributed by atoms with Crippen LogP contribution in [-0.4, -0.2) is 40.5 Å². The van der Waals surface area contributed by atoms with Crippen molar-refractivity contribution in [3.05, 3.63) is 0 Å². The van der Waals surface area contributed by atoms with Gasteiger partial charge in [0.1, 0.15) is 6.54 Å². The lowest BCUT2D eigenvalue weighted by atomic mass is 9.97. The molecule has 16 heavy (non-hydrogen) atoms. The summed E-state index contributed by atoms with van der Waals surface area (Å²) in [5.41, 5.74) is 5.05. The third kappa shape index (κ3) is 2.74. The lowest BCUT2D eigenvalue weighted by molar-refractivity contribution is -0.146. The van der Waals surface area contributed by atoms with E-state index in [0.717, 1.165) is 17.7 Å². The van der Waals surface area contributed by atoms with Gasteiger partial charge in [-0.05, 0) is 12.8 Å². The fourth-order valence-corrected chi connectivity index (χ4v) is 2.01. The highest BCUT2D eigenvalue weighted by molar-refractivity contribution is 5.89. The van der Waals surface area contributed by atoms with Gasteiger partial charge in [0.05, 0.1) is 12.1 Å². The molecule has 0 bridgehead atoms. The first-order chi connectivity index (χ1) is 7.49. The minimum absolute atomic E-state index is 0.00984. The van der Waals surface area contributed by atoms with Crippen LogP contribution in [0, 0.1) is 12.3 Å². The number of hydrogen-bond acceptors (Lipinski definition) is 3. The molecule has 1 amide bonds. The van der Waals surface area contributed by atoms with Gasteiger partial charge in [-0.15, -0.1) is 6.42 Å². The Kier molecular flexibility index (Phi) is 3.91. The number of hydrogen-bond donors (Lipinski definition) is 2. The van der Waals surface area contributed by atoms with E-state index >= 15 is 0 Å². The van der Waals surface area contributed by atoms with Crippen LogP contribution in [0.2, 0.25) is 0 Å². The molecule has 1 aliphatic rings. The van der Waals surface area contributed by atoms with Crippen molar-refractivity contribution in [2.24, 2.45) is 5.73 Å². The van der Waals surface area contributed by atoms with E-state index in [1.54, 1.807) is 0 Å². The minimum Gasteiger partial charge on any atom is -0.480 e. The van der Waals surface area contributed by atoms with Crippen LogP contribution >= 0.6 is 0 Å². The van der Waals surface area contributed by atoms with Crippen molar-refractivity contribution in [3.63, 3.8) is 0 Å². The highest BCUT2D eigenvalue weighted by Crippen LogP contribution is 2.28. The largest absolute Gasteiger partial charge is 0.480 e. The zero-order valence-electron chi connectivity index (χ0n) is 9.11. The van der Waals surface area contributed by atoms with E-state index in [4.69, 9.17) is 17.3 Å². The Labute approximate surface area is 94.6 Å². The number of carboxylic acid groups (broad SMARTS) is 1. The van der Waals surface area contributed by atoms with E-state index in [9.17, 15) is 9.59 Å². The van der Waals surface area contributed by atoms with Gasteiger partial charge in [0.25, 0.3) is 0 Å². The Bertz CT molecular complexity index is 327. The molecule has 0 aromatic rings. The SMILES string of the molecule is C#CCN(CC(=O)O)C(=O)C1(N)CCCC1. The Hall–Kier alpha value is -1.54. The first-order valence-corrected chi connectivity index (χ1v) is 5.23. The monoisotopic (exact) mass is 224 g/mol. The molecule has 0 atom stereocenters. The first-order valence-electron chi connectivity index (χ1n) is 5.23. The number of carbonyl (C=O) groups is 2. The molecule has 88 valence electrons. The van der Waals surface area contributed by atoms with Gasteiger partial charge in [-0.25, -0.2) is 0 Å². The highest BCUT2D eigenvalue weighted by Gasteiger charge is 2.40. The third-order valence-electron chi connectivity index (χ3n) is 2.82. The molecule has 0 heterocycles. The maximum atomic E-state index is 12.0. The van der Waals surface area contributed by atoms with Crippen LogP contribution in [-0.2, 0) is 9.59 Å². The van der Waals surface area contributed by atoms with Gasteiger partial charge in [-0.3, -0.25) is 9.59 Å². The molecule has 0 saturated heterocycles. The summed E-state index contributed by atoms with van der Waals surface area (Å²) in [5, 5.41) is 8.68. The van der Waals surface area contributed by atoms with Gasteiger partial charge in [-0.1, -0.05) is 18.8 Å². The molecular weight excluding hydrogens is 208 g/mol. The number of amides is 1. The summed E-state index contributed by atoms with van der Waals surface area (Å²) in [4.78, 5) is 23.8. The maximum Gasteiger partial charge on any atom is 0.323 e. The number of carboxylic acids is 1. The second-order valence-corrected chi connectivity index (χ2v) is 4.12. The van der Waals surface area contributed by atoms with Gasteiger partial charge in [-0.2, -0.15) is 0 Å². The van der Waals surface area contributed by atoms with Crippen molar-refractivity contribution in [2.75, 3.05) is 13.1 Å². The fraction of sp³-hybridized carbons (Fsp3) is 0.636. The average molecular weight is 224 g/mol. The number of aliphatic carboxylic acids is 1. The average Bonchev–Trinajstić information content (AvgIpc) is 2.64. The summed E-state index contributed by atoms with van der Waals surface area (Å²) in [5.74, 6) is 0.860. The molecule has 0 spiro atoms. The lowest BCUT2D eigenvalue weighted by Crippen LogP contribution is -2.54. The molecule has 0 radical (unpaired) electrons.